The Balaban J connectivity index is 2.08. The van der Waals surface area contributed by atoms with Crippen LogP contribution < -0.4 is 5.32 Å². The molecule has 0 atom stereocenters. The Morgan fingerprint density at radius 2 is 1.82 bits per heavy atom. The second kappa shape index (κ2) is 6.09. The first-order valence-corrected chi connectivity index (χ1v) is 6.28. The monoisotopic (exact) mass is 225 g/mol. The predicted molar refractivity (Wildman–Crippen MR) is 76.5 cm³/mol. The second-order valence-corrected chi connectivity index (χ2v) is 4.17. The van der Waals surface area contributed by atoms with Crippen molar-refractivity contribution in [3.05, 3.63) is 54.6 Å². The molecule has 0 bridgehead atoms. The van der Waals surface area contributed by atoms with E-state index in [1.165, 1.54) is 22.9 Å². The average molecular weight is 225 g/mol. The summed E-state index contributed by atoms with van der Waals surface area (Å²) in [6, 6.07) is 14.8. The molecule has 2 aromatic carbocycles. The van der Waals surface area contributed by atoms with Crippen molar-refractivity contribution in [3.8, 4) is 0 Å². The zero-order valence-corrected chi connectivity index (χ0v) is 10.3. The Bertz CT molecular complexity index is 494. The Morgan fingerprint density at radius 1 is 1.00 bits per heavy atom. The van der Waals surface area contributed by atoms with Gasteiger partial charge in [0.1, 0.15) is 0 Å². The molecule has 1 N–H and O–H groups in total. The highest BCUT2D eigenvalue weighted by atomic mass is 14.9. The summed E-state index contributed by atoms with van der Waals surface area (Å²) in [4.78, 5) is 0. The Hall–Kier alpha value is -1.76. The van der Waals surface area contributed by atoms with Gasteiger partial charge < -0.3 is 5.32 Å². The number of nitrogens with one attached hydrogen (secondary N) is 1. The first-order valence-electron chi connectivity index (χ1n) is 6.28. The molecule has 0 aliphatic carbocycles. The number of anilines is 1. The van der Waals surface area contributed by atoms with E-state index in [4.69, 9.17) is 0 Å². The first kappa shape index (κ1) is 11.7. The van der Waals surface area contributed by atoms with Crippen molar-refractivity contribution in [1.82, 2.24) is 0 Å². The fourth-order valence-electron chi connectivity index (χ4n) is 1.92. The molecule has 1 nitrogen and oxygen atoms in total. The summed E-state index contributed by atoms with van der Waals surface area (Å²) in [6.07, 6.45) is 6.81. The summed E-state index contributed by atoms with van der Waals surface area (Å²) < 4.78 is 0. The number of unbranched alkanes of at least 4 members (excludes halogenated alkanes) is 1. The molecule has 0 unspecified atom stereocenters. The molecule has 0 spiro atoms. The summed E-state index contributed by atoms with van der Waals surface area (Å²) in [5.74, 6) is 0. The fourth-order valence-corrected chi connectivity index (χ4v) is 1.92. The van der Waals surface area contributed by atoms with Gasteiger partial charge >= 0.3 is 0 Å². The molecule has 0 aliphatic rings. The third-order valence-electron chi connectivity index (χ3n) is 2.82. The van der Waals surface area contributed by atoms with E-state index in [2.05, 4.69) is 66.9 Å². The van der Waals surface area contributed by atoms with Gasteiger partial charge in [-0.15, -0.1) is 0 Å². The third kappa shape index (κ3) is 3.10. The molecule has 0 saturated heterocycles. The maximum Gasteiger partial charge on any atom is 0.0422 e. The highest BCUT2D eigenvalue weighted by molar-refractivity contribution is 5.93. The van der Waals surface area contributed by atoms with Crippen LogP contribution in [0, 0.1) is 0 Å². The minimum absolute atomic E-state index is 0.897. The van der Waals surface area contributed by atoms with Crippen molar-refractivity contribution in [2.45, 2.75) is 19.8 Å². The molecule has 2 rings (SSSR count). The van der Waals surface area contributed by atoms with Crippen LogP contribution in [-0.2, 0) is 0 Å². The molecule has 17 heavy (non-hydrogen) atoms. The highest BCUT2D eigenvalue weighted by Crippen LogP contribution is 2.22. The van der Waals surface area contributed by atoms with Gasteiger partial charge in [-0.05, 0) is 17.9 Å². The Labute approximate surface area is 103 Å². The van der Waals surface area contributed by atoms with Crippen LogP contribution in [0.2, 0.25) is 0 Å². The number of hydrogen-bond donors (Lipinski definition) is 1. The van der Waals surface area contributed by atoms with Crippen molar-refractivity contribution in [2.24, 2.45) is 0 Å². The molecule has 0 aliphatic heterocycles. The molecular formula is C16H19N. The Morgan fingerprint density at radius 3 is 2.71 bits per heavy atom. The largest absolute Gasteiger partial charge is 0.381 e. The van der Waals surface area contributed by atoms with Crippen LogP contribution in [0.3, 0.4) is 0 Å². The minimum atomic E-state index is 0.897. The third-order valence-corrected chi connectivity index (χ3v) is 2.82. The van der Waals surface area contributed by atoms with E-state index in [1.807, 2.05) is 0 Å². The molecule has 0 aromatic heterocycles. The van der Waals surface area contributed by atoms with Gasteiger partial charge in [-0.2, -0.15) is 0 Å². The van der Waals surface area contributed by atoms with Crippen LogP contribution in [0.1, 0.15) is 19.8 Å². The number of fused-ring (bicyclic) bond motifs is 1. The number of rotatable bonds is 5. The first-order chi connectivity index (χ1) is 8.42. The molecule has 88 valence electrons. The zero-order valence-electron chi connectivity index (χ0n) is 10.3. The van der Waals surface area contributed by atoms with Crippen LogP contribution in [0.5, 0.6) is 0 Å². The normalized spacial score (nSPS) is 11.1. The molecule has 1 heteroatoms. The van der Waals surface area contributed by atoms with Crippen molar-refractivity contribution >= 4 is 16.5 Å². The quantitative estimate of drug-likeness (QED) is 0.733. The molecular weight excluding hydrogens is 206 g/mol. The van der Waals surface area contributed by atoms with Gasteiger partial charge in [0.05, 0.1) is 0 Å². The lowest BCUT2D eigenvalue weighted by molar-refractivity contribution is 0.955. The van der Waals surface area contributed by atoms with Gasteiger partial charge in [-0.25, -0.2) is 0 Å². The SMILES string of the molecule is CCC/C=C/CNc1cccc2ccccc12. The summed E-state index contributed by atoms with van der Waals surface area (Å²) >= 11 is 0. The summed E-state index contributed by atoms with van der Waals surface area (Å²) in [5, 5.41) is 6.04. The standard InChI is InChI=1S/C16H19N/c1-2-3-4-7-13-17-16-12-8-10-14-9-5-6-11-15(14)16/h4-12,17H,2-3,13H2,1H3/b7-4+. The van der Waals surface area contributed by atoms with Gasteiger partial charge in [0, 0.05) is 17.6 Å². The van der Waals surface area contributed by atoms with Crippen molar-refractivity contribution in [3.63, 3.8) is 0 Å². The number of allylic oxidation sites excluding steroid dienone is 1. The van der Waals surface area contributed by atoms with Crippen LogP contribution in [0.4, 0.5) is 5.69 Å². The van der Waals surface area contributed by atoms with Crippen LogP contribution in [-0.4, -0.2) is 6.54 Å². The van der Waals surface area contributed by atoms with Gasteiger partial charge in [0.15, 0.2) is 0 Å². The lowest BCUT2D eigenvalue weighted by Crippen LogP contribution is -1.98. The maximum absolute atomic E-state index is 3.46. The van der Waals surface area contributed by atoms with Gasteiger partial charge in [0.25, 0.3) is 0 Å². The predicted octanol–water partition coefficient (Wildman–Crippen LogP) is 4.61. The zero-order chi connectivity index (χ0) is 11.9. The van der Waals surface area contributed by atoms with E-state index in [1.54, 1.807) is 0 Å². The lowest BCUT2D eigenvalue weighted by Gasteiger charge is -2.07. The maximum atomic E-state index is 3.46. The van der Waals surface area contributed by atoms with E-state index in [0.29, 0.717) is 0 Å². The average Bonchev–Trinajstić information content (AvgIpc) is 2.39. The van der Waals surface area contributed by atoms with E-state index in [9.17, 15) is 0 Å². The van der Waals surface area contributed by atoms with Crippen LogP contribution >= 0.6 is 0 Å². The van der Waals surface area contributed by atoms with Crippen molar-refractivity contribution < 1.29 is 0 Å². The smallest absolute Gasteiger partial charge is 0.0422 e. The number of benzene rings is 2. The lowest BCUT2D eigenvalue weighted by atomic mass is 10.1. The summed E-state index contributed by atoms with van der Waals surface area (Å²) in [7, 11) is 0. The fraction of sp³-hybridized carbons (Fsp3) is 0.250. The summed E-state index contributed by atoms with van der Waals surface area (Å²) in [6.45, 7) is 3.09. The van der Waals surface area contributed by atoms with Gasteiger partial charge in [-0.1, -0.05) is 61.9 Å². The van der Waals surface area contributed by atoms with E-state index in [0.717, 1.165) is 13.0 Å². The van der Waals surface area contributed by atoms with Crippen LogP contribution in [0.15, 0.2) is 54.6 Å². The Kier molecular flexibility index (Phi) is 4.20. The second-order valence-electron chi connectivity index (χ2n) is 4.17. The molecule has 0 saturated carbocycles. The van der Waals surface area contributed by atoms with E-state index >= 15 is 0 Å². The molecule has 0 fully saturated rings. The molecule has 2 aromatic rings. The molecule has 0 radical (unpaired) electrons. The van der Waals surface area contributed by atoms with Gasteiger partial charge in [0.2, 0.25) is 0 Å². The molecule has 0 amide bonds. The van der Waals surface area contributed by atoms with E-state index in [-0.39, 0.29) is 0 Å². The van der Waals surface area contributed by atoms with Crippen molar-refractivity contribution in [1.29, 1.82) is 0 Å². The van der Waals surface area contributed by atoms with Crippen molar-refractivity contribution in [2.75, 3.05) is 11.9 Å². The van der Waals surface area contributed by atoms with E-state index < -0.39 is 0 Å². The summed E-state index contributed by atoms with van der Waals surface area (Å²) in [5.41, 5.74) is 1.21. The number of hydrogen-bond acceptors (Lipinski definition) is 1. The minimum Gasteiger partial charge on any atom is -0.381 e. The molecule has 0 heterocycles. The van der Waals surface area contributed by atoms with Crippen LogP contribution in [0.25, 0.3) is 10.8 Å². The van der Waals surface area contributed by atoms with Gasteiger partial charge in [-0.3, -0.25) is 0 Å². The topological polar surface area (TPSA) is 12.0 Å². The highest BCUT2D eigenvalue weighted by Gasteiger charge is 1.97.